The molecule has 13 heavy (non-hydrogen) atoms. The van der Waals surface area contributed by atoms with Gasteiger partial charge in [-0.2, -0.15) is 0 Å². The van der Waals surface area contributed by atoms with Gasteiger partial charge in [-0.05, 0) is 33.1 Å². The smallest absolute Gasteiger partial charge is 0.325 e. The maximum Gasteiger partial charge on any atom is 0.325 e. The first-order valence-electron chi connectivity index (χ1n) is 4.69. The highest BCUT2D eigenvalue weighted by Gasteiger charge is 2.49. The first-order valence-corrected chi connectivity index (χ1v) is 4.69. The second kappa shape index (κ2) is 2.47. The lowest BCUT2D eigenvalue weighted by molar-refractivity contribution is -0.133. The molecule has 1 saturated heterocycles. The fourth-order valence-electron chi connectivity index (χ4n) is 2.03. The van der Waals surface area contributed by atoms with E-state index in [0.717, 1.165) is 19.3 Å². The second-order valence-electron chi connectivity index (χ2n) is 4.20. The van der Waals surface area contributed by atoms with Crippen LogP contribution in [-0.2, 0) is 4.79 Å². The summed E-state index contributed by atoms with van der Waals surface area (Å²) in [7, 11) is 0. The maximum absolute atomic E-state index is 11.6. The molecule has 72 valence electrons. The van der Waals surface area contributed by atoms with Crippen LogP contribution in [0, 0.1) is 0 Å². The van der Waals surface area contributed by atoms with Gasteiger partial charge in [0.15, 0.2) is 0 Å². The first kappa shape index (κ1) is 8.53. The van der Waals surface area contributed by atoms with Gasteiger partial charge in [0, 0.05) is 5.54 Å². The zero-order chi connectivity index (χ0) is 9.64. The number of carbonyl (C=O) groups excluding carboxylic acids is 2. The van der Waals surface area contributed by atoms with Crippen LogP contribution in [0.15, 0.2) is 0 Å². The lowest BCUT2D eigenvalue weighted by Crippen LogP contribution is -2.54. The summed E-state index contributed by atoms with van der Waals surface area (Å²) in [5.74, 6) is -0.0767. The highest BCUT2D eigenvalue weighted by Crippen LogP contribution is 2.38. The van der Waals surface area contributed by atoms with E-state index < -0.39 is 0 Å². The lowest BCUT2D eigenvalue weighted by Gasteiger charge is -2.43. The number of urea groups is 1. The molecule has 0 radical (unpaired) electrons. The predicted octanol–water partition coefficient (Wildman–Crippen LogP) is 0.869. The number of nitrogens with one attached hydrogen (secondary N) is 1. The fraction of sp³-hybridized carbons (Fsp3) is 0.778. The summed E-state index contributed by atoms with van der Waals surface area (Å²) in [4.78, 5) is 24.4. The van der Waals surface area contributed by atoms with Crippen LogP contribution in [-0.4, -0.2) is 28.4 Å². The number of rotatable bonds is 1. The van der Waals surface area contributed by atoms with Gasteiger partial charge in [-0.3, -0.25) is 9.69 Å². The van der Waals surface area contributed by atoms with Gasteiger partial charge in [-0.25, -0.2) is 4.79 Å². The number of imide groups is 1. The van der Waals surface area contributed by atoms with Crippen molar-refractivity contribution in [1.82, 2.24) is 10.2 Å². The third-order valence-corrected chi connectivity index (χ3v) is 3.10. The average Bonchev–Trinajstić information content (AvgIpc) is 2.23. The summed E-state index contributed by atoms with van der Waals surface area (Å²) in [5.41, 5.74) is -0.202. The largest absolute Gasteiger partial charge is 0.326 e. The summed E-state index contributed by atoms with van der Waals surface area (Å²) in [5, 5.41) is 2.63. The van der Waals surface area contributed by atoms with Crippen molar-refractivity contribution >= 4 is 11.9 Å². The van der Waals surface area contributed by atoms with Crippen molar-refractivity contribution in [1.29, 1.82) is 0 Å². The van der Waals surface area contributed by atoms with Crippen molar-refractivity contribution in [3.63, 3.8) is 0 Å². The van der Waals surface area contributed by atoms with Crippen LogP contribution in [0.2, 0.25) is 0 Å². The van der Waals surface area contributed by atoms with Crippen LogP contribution in [0.4, 0.5) is 4.79 Å². The summed E-state index contributed by atoms with van der Waals surface area (Å²) >= 11 is 0. The first-order chi connectivity index (χ1) is 6.04. The molecule has 4 nitrogen and oxygen atoms in total. The predicted molar refractivity (Wildman–Crippen MR) is 47.1 cm³/mol. The molecule has 0 spiro atoms. The minimum atomic E-state index is -0.343. The van der Waals surface area contributed by atoms with Crippen molar-refractivity contribution in [3.05, 3.63) is 0 Å². The van der Waals surface area contributed by atoms with Gasteiger partial charge < -0.3 is 5.32 Å². The van der Waals surface area contributed by atoms with Gasteiger partial charge in [-0.1, -0.05) is 0 Å². The van der Waals surface area contributed by atoms with Crippen LogP contribution in [0.5, 0.6) is 0 Å². The van der Waals surface area contributed by atoms with Gasteiger partial charge in [-0.15, -0.1) is 0 Å². The molecule has 2 fully saturated rings. The number of carbonyl (C=O) groups is 2. The van der Waals surface area contributed by atoms with Gasteiger partial charge in [0.25, 0.3) is 5.91 Å². The highest BCUT2D eigenvalue weighted by molar-refractivity contribution is 6.04. The Balaban J connectivity index is 2.23. The van der Waals surface area contributed by atoms with E-state index in [1.807, 2.05) is 6.92 Å². The molecule has 2 aliphatic rings. The molecule has 0 unspecified atom stereocenters. The van der Waals surface area contributed by atoms with Crippen LogP contribution < -0.4 is 5.32 Å². The van der Waals surface area contributed by atoms with Gasteiger partial charge in [0.2, 0.25) is 0 Å². The van der Waals surface area contributed by atoms with E-state index in [2.05, 4.69) is 5.32 Å². The van der Waals surface area contributed by atoms with Crippen LogP contribution >= 0.6 is 0 Å². The molecule has 3 amide bonds. The Morgan fingerprint density at radius 1 is 1.46 bits per heavy atom. The lowest BCUT2D eigenvalue weighted by atomic mass is 9.77. The Kier molecular flexibility index (Phi) is 1.62. The Morgan fingerprint density at radius 3 is 2.38 bits per heavy atom. The van der Waals surface area contributed by atoms with E-state index in [-0.39, 0.29) is 23.5 Å². The fourth-order valence-corrected chi connectivity index (χ4v) is 2.03. The number of hydrogen-bond acceptors (Lipinski definition) is 2. The zero-order valence-corrected chi connectivity index (χ0v) is 7.96. The normalized spacial score (nSPS) is 31.5. The van der Waals surface area contributed by atoms with E-state index >= 15 is 0 Å². The summed E-state index contributed by atoms with van der Waals surface area (Å²) < 4.78 is 0. The molecule has 1 heterocycles. The average molecular weight is 182 g/mol. The van der Waals surface area contributed by atoms with E-state index in [0.29, 0.717) is 0 Å². The molecule has 1 aliphatic carbocycles. The third kappa shape index (κ3) is 1.04. The van der Waals surface area contributed by atoms with Crippen LogP contribution in [0.25, 0.3) is 0 Å². The molecule has 2 rings (SSSR count). The summed E-state index contributed by atoms with van der Waals surface area (Å²) in [6, 6.07) is -0.565. The summed E-state index contributed by atoms with van der Waals surface area (Å²) in [6.07, 6.45) is 3.00. The molecule has 1 aliphatic heterocycles. The summed E-state index contributed by atoms with van der Waals surface area (Å²) in [6.45, 7) is 3.70. The molecular weight excluding hydrogens is 168 g/mol. The molecule has 0 bridgehead atoms. The van der Waals surface area contributed by atoms with Crippen molar-refractivity contribution in [3.8, 4) is 0 Å². The molecule has 1 atom stereocenters. The molecule has 0 aromatic heterocycles. The van der Waals surface area contributed by atoms with Gasteiger partial charge in [0.05, 0.1) is 0 Å². The Morgan fingerprint density at radius 2 is 2.08 bits per heavy atom. The van der Waals surface area contributed by atoms with Crippen molar-refractivity contribution < 1.29 is 9.59 Å². The standard InChI is InChI=1S/C9H14N2O2/c1-6-7(12)11(8(13)10-6)9(2)4-3-5-9/h6H,3-5H2,1-2H3,(H,10,13)/t6-/m0/s1. The second-order valence-corrected chi connectivity index (χ2v) is 4.20. The quantitative estimate of drug-likeness (QED) is 0.612. The zero-order valence-electron chi connectivity index (χ0n) is 7.96. The van der Waals surface area contributed by atoms with Gasteiger partial charge >= 0.3 is 6.03 Å². The number of nitrogens with zero attached hydrogens (tertiary/aromatic N) is 1. The third-order valence-electron chi connectivity index (χ3n) is 3.10. The van der Waals surface area contributed by atoms with Crippen molar-refractivity contribution in [2.24, 2.45) is 0 Å². The molecule has 0 aromatic carbocycles. The van der Waals surface area contributed by atoms with Gasteiger partial charge in [0.1, 0.15) is 6.04 Å². The van der Waals surface area contributed by atoms with E-state index in [1.165, 1.54) is 4.90 Å². The molecule has 0 aromatic rings. The number of amides is 3. The Labute approximate surface area is 77.3 Å². The minimum absolute atomic E-state index is 0.0767. The molecular formula is C9H14N2O2. The minimum Gasteiger partial charge on any atom is -0.326 e. The van der Waals surface area contributed by atoms with Crippen LogP contribution in [0.1, 0.15) is 33.1 Å². The highest BCUT2D eigenvalue weighted by atomic mass is 16.2. The van der Waals surface area contributed by atoms with Crippen molar-refractivity contribution in [2.75, 3.05) is 0 Å². The SMILES string of the molecule is C[C@@H]1NC(=O)N(C2(C)CCC2)C1=O. The van der Waals surface area contributed by atoms with Crippen molar-refractivity contribution in [2.45, 2.75) is 44.7 Å². The van der Waals surface area contributed by atoms with E-state index in [1.54, 1.807) is 6.92 Å². The monoisotopic (exact) mass is 182 g/mol. The Bertz CT molecular complexity index is 271. The van der Waals surface area contributed by atoms with E-state index in [4.69, 9.17) is 0 Å². The molecule has 1 N–H and O–H groups in total. The molecule has 4 heteroatoms. The topological polar surface area (TPSA) is 49.4 Å². The van der Waals surface area contributed by atoms with E-state index in [9.17, 15) is 9.59 Å². The number of hydrogen-bond donors (Lipinski definition) is 1. The molecule has 1 saturated carbocycles. The maximum atomic E-state index is 11.6. The Hall–Kier alpha value is -1.06. The van der Waals surface area contributed by atoms with Crippen LogP contribution in [0.3, 0.4) is 0 Å².